The molecule has 32 heavy (non-hydrogen) atoms. The highest BCUT2D eigenvalue weighted by molar-refractivity contribution is 7.16. The molecule has 0 saturated carbocycles. The lowest BCUT2D eigenvalue weighted by molar-refractivity contribution is -0.121. The molecule has 0 aliphatic carbocycles. The molecule has 6 nitrogen and oxygen atoms in total. The normalized spacial score (nSPS) is 16.0. The minimum absolute atomic E-state index is 0.142. The number of thiazole rings is 1. The predicted molar refractivity (Wildman–Crippen MR) is 122 cm³/mol. The third-order valence-electron chi connectivity index (χ3n) is 5.56. The second kappa shape index (κ2) is 9.48. The Morgan fingerprint density at radius 2 is 1.88 bits per heavy atom. The number of hydrogen-bond donors (Lipinski definition) is 1. The Morgan fingerprint density at radius 1 is 1.16 bits per heavy atom. The van der Waals surface area contributed by atoms with Crippen LogP contribution in [-0.2, 0) is 4.79 Å². The molecule has 166 valence electrons. The van der Waals surface area contributed by atoms with Gasteiger partial charge in [-0.3, -0.25) is 9.59 Å². The van der Waals surface area contributed by atoms with E-state index in [-0.39, 0.29) is 23.5 Å². The first kappa shape index (κ1) is 22.0. The Hall–Kier alpha value is -3.26. The maximum Gasteiger partial charge on any atom is 0.253 e. The number of anilines is 1. The Labute approximate surface area is 190 Å². The molecule has 1 aliphatic heterocycles. The van der Waals surface area contributed by atoms with E-state index in [0.717, 1.165) is 28.3 Å². The summed E-state index contributed by atoms with van der Waals surface area (Å²) in [6.45, 7) is 2.88. The highest BCUT2D eigenvalue weighted by atomic mass is 32.1. The Kier molecular flexibility index (Phi) is 6.50. The third kappa shape index (κ3) is 4.80. The molecule has 2 heterocycles. The number of nitrogens with zero attached hydrogens (tertiary/aromatic N) is 2. The van der Waals surface area contributed by atoms with E-state index in [0.29, 0.717) is 30.2 Å². The number of aryl methyl sites for hydroxylation is 1. The number of amides is 2. The van der Waals surface area contributed by atoms with E-state index in [9.17, 15) is 14.0 Å². The van der Waals surface area contributed by atoms with Gasteiger partial charge in [0.2, 0.25) is 5.91 Å². The van der Waals surface area contributed by atoms with Crippen LogP contribution in [0, 0.1) is 18.7 Å². The molecule has 1 fully saturated rings. The second-order valence-corrected chi connectivity index (χ2v) is 8.94. The molecule has 8 heteroatoms. The lowest BCUT2D eigenvalue weighted by atomic mass is 9.96. The van der Waals surface area contributed by atoms with Crippen LogP contribution >= 0.6 is 11.3 Å². The zero-order chi connectivity index (χ0) is 22.7. The van der Waals surface area contributed by atoms with Crippen molar-refractivity contribution < 1.29 is 18.7 Å². The fourth-order valence-corrected chi connectivity index (χ4v) is 4.66. The van der Waals surface area contributed by atoms with Crippen molar-refractivity contribution >= 4 is 28.3 Å². The highest BCUT2D eigenvalue weighted by Gasteiger charge is 2.29. The summed E-state index contributed by atoms with van der Waals surface area (Å²) < 4.78 is 18.4. The van der Waals surface area contributed by atoms with E-state index in [1.54, 1.807) is 12.0 Å². The Morgan fingerprint density at radius 3 is 2.56 bits per heavy atom. The monoisotopic (exact) mass is 453 g/mol. The van der Waals surface area contributed by atoms with Crippen LogP contribution in [0.5, 0.6) is 5.75 Å². The van der Waals surface area contributed by atoms with Crippen LogP contribution in [-0.4, -0.2) is 41.9 Å². The number of methoxy groups -OCH3 is 1. The van der Waals surface area contributed by atoms with E-state index < -0.39 is 0 Å². The van der Waals surface area contributed by atoms with Crippen LogP contribution in [0.2, 0.25) is 0 Å². The summed E-state index contributed by atoms with van der Waals surface area (Å²) in [6, 6.07) is 13.1. The number of piperidine rings is 1. The van der Waals surface area contributed by atoms with Crippen LogP contribution < -0.4 is 10.1 Å². The first-order chi connectivity index (χ1) is 15.4. The van der Waals surface area contributed by atoms with Gasteiger partial charge in [-0.2, -0.15) is 0 Å². The zero-order valence-corrected chi connectivity index (χ0v) is 18.7. The number of benzene rings is 2. The number of hydrogen-bond acceptors (Lipinski definition) is 5. The molecule has 2 amide bonds. The third-order valence-corrected chi connectivity index (χ3v) is 6.45. The molecular formula is C24H24FN3O3S. The fraction of sp³-hybridized carbons (Fsp3) is 0.292. The number of aromatic nitrogens is 1. The van der Waals surface area contributed by atoms with Gasteiger partial charge in [0.05, 0.1) is 18.7 Å². The summed E-state index contributed by atoms with van der Waals surface area (Å²) in [5.74, 6) is -0.259. The van der Waals surface area contributed by atoms with Gasteiger partial charge in [-0.15, -0.1) is 11.3 Å². The van der Waals surface area contributed by atoms with Gasteiger partial charge in [0.1, 0.15) is 11.6 Å². The number of rotatable bonds is 5. The Bertz CT molecular complexity index is 1110. The zero-order valence-electron chi connectivity index (χ0n) is 17.9. The number of nitrogens with one attached hydrogen (secondary N) is 1. The maximum absolute atomic E-state index is 13.2. The van der Waals surface area contributed by atoms with Crippen LogP contribution in [0.25, 0.3) is 11.3 Å². The average molecular weight is 454 g/mol. The summed E-state index contributed by atoms with van der Waals surface area (Å²) in [6.07, 6.45) is 1.44. The molecule has 1 aliphatic rings. The first-order valence-electron chi connectivity index (χ1n) is 10.4. The lowest BCUT2D eigenvalue weighted by Crippen LogP contribution is -2.43. The van der Waals surface area contributed by atoms with Crippen LogP contribution in [0.3, 0.4) is 0 Å². The lowest BCUT2D eigenvalue weighted by Gasteiger charge is -2.32. The van der Waals surface area contributed by atoms with E-state index >= 15 is 0 Å². The molecule has 1 N–H and O–H groups in total. The quantitative estimate of drug-likeness (QED) is 0.605. The van der Waals surface area contributed by atoms with Gasteiger partial charge in [-0.1, -0.05) is 0 Å². The molecule has 4 rings (SSSR count). The number of carbonyl (C=O) groups excluding carboxylic acids is 2. The van der Waals surface area contributed by atoms with Crippen molar-refractivity contribution in [2.24, 2.45) is 5.92 Å². The van der Waals surface area contributed by atoms with Gasteiger partial charge >= 0.3 is 0 Å². The summed E-state index contributed by atoms with van der Waals surface area (Å²) in [4.78, 5) is 32.9. The van der Waals surface area contributed by atoms with Crippen molar-refractivity contribution in [2.75, 3.05) is 25.5 Å². The molecule has 1 saturated heterocycles. The van der Waals surface area contributed by atoms with Crippen molar-refractivity contribution in [2.45, 2.75) is 19.8 Å². The highest BCUT2D eigenvalue weighted by Crippen LogP contribution is 2.32. The van der Waals surface area contributed by atoms with Crippen molar-refractivity contribution in [3.63, 3.8) is 0 Å². The SMILES string of the molecule is COc1ccc(-c2nc(NC(=O)C3CCCN(C(=O)c4ccc(F)cc4)C3)sc2C)cc1. The molecular weight excluding hydrogens is 429 g/mol. The number of ether oxygens (including phenoxy) is 1. The summed E-state index contributed by atoms with van der Waals surface area (Å²) in [5, 5.41) is 3.47. The van der Waals surface area contributed by atoms with Crippen LogP contribution in [0.15, 0.2) is 48.5 Å². The molecule has 1 atom stereocenters. The smallest absolute Gasteiger partial charge is 0.253 e. The predicted octanol–water partition coefficient (Wildman–Crippen LogP) is 4.76. The summed E-state index contributed by atoms with van der Waals surface area (Å²) in [5.41, 5.74) is 2.20. The summed E-state index contributed by atoms with van der Waals surface area (Å²) >= 11 is 1.43. The summed E-state index contributed by atoms with van der Waals surface area (Å²) in [7, 11) is 1.62. The van der Waals surface area contributed by atoms with Gasteiger partial charge in [-0.05, 0) is 68.3 Å². The van der Waals surface area contributed by atoms with Crippen molar-refractivity contribution in [3.05, 3.63) is 64.8 Å². The van der Waals surface area contributed by atoms with E-state index in [1.807, 2.05) is 31.2 Å². The minimum Gasteiger partial charge on any atom is -0.497 e. The first-order valence-corrected chi connectivity index (χ1v) is 11.2. The molecule has 1 unspecified atom stereocenters. The largest absolute Gasteiger partial charge is 0.497 e. The van der Waals surface area contributed by atoms with Crippen molar-refractivity contribution in [1.29, 1.82) is 0 Å². The van der Waals surface area contributed by atoms with Crippen LogP contribution in [0.1, 0.15) is 28.1 Å². The van der Waals surface area contributed by atoms with Gasteiger partial charge in [0, 0.05) is 29.1 Å². The van der Waals surface area contributed by atoms with Gasteiger partial charge in [0.25, 0.3) is 5.91 Å². The fourth-order valence-electron chi connectivity index (χ4n) is 3.82. The van der Waals surface area contributed by atoms with Crippen molar-refractivity contribution in [1.82, 2.24) is 9.88 Å². The number of likely N-dealkylation sites (tertiary alicyclic amines) is 1. The van der Waals surface area contributed by atoms with E-state index in [2.05, 4.69) is 10.3 Å². The molecule has 1 aromatic heterocycles. The molecule has 0 bridgehead atoms. The van der Waals surface area contributed by atoms with E-state index in [1.165, 1.54) is 35.6 Å². The second-order valence-electron chi connectivity index (χ2n) is 7.74. The number of carbonyl (C=O) groups is 2. The topological polar surface area (TPSA) is 71.5 Å². The van der Waals surface area contributed by atoms with Gasteiger partial charge in [0.15, 0.2) is 5.13 Å². The maximum atomic E-state index is 13.2. The number of halogens is 1. The van der Waals surface area contributed by atoms with E-state index in [4.69, 9.17) is 4.74 Å². The Balaban J connectivity index is 1.42. The van der Waals surface area contributed by atoms with Crippen molar-refractivity contribution in [3.8, 4) is 17.0 Å². The molecule has 0 radical (unpaired) electrons. The van der Waals surface area contributed by atoms with Gasteiger partial charge < -0.3 is 15.0 Å². The van der Waals surface area contributed by atoms with Gasteiger partial charge in [-0.25, -0.2) is 9.37 Å². The minimum atomic E-state index is -0.384. The molecule has 3 aromatic rings. The average Bonchev–Trinajstić information content (AvgIpc) is 3.19. The standard InChI is InChI=1S/C24H24FN3O3S/c1-15-21(16-7-11-20(31-2)12-8-16)26-24(32-15)27-22(29)18-4-3-13-28(14-18)23(30)17-5-9-19(25)10-6-17/h5-12,18H,3-4,13-14H2,1-2H3,(H,26,27,29). The van der Waals surface area contributed by atoms with Crippen LogP contribution in [0.4, 0.5) is 9.52 Å². The molecule has 2 aromatic carbocycles. The molecule has 0 spiro atoms.